The maximum Gasteiger partial charge on any atom is 0.417 e. The fraction of sp³-hybridized carbons (Fsp3) is 0.727. The highest BCUT2D eigenvalue weighted by molar-refractivity contribution is 6.31. The van der Waals surface area contributed by atoms with Gasteiger partial charge in [0.25, 0.3) is 0 Å². The van der Waals surface area contributed by atoms with Gasteiger partial charge in [0.15, 0.2) is 0 Å². The maximum absolute atomic E-state index is 15.1. The number of fused-ring (bicyclic) bond motifs is 1. The fourth-order valence-electron chi connectivity index (χ4n) is 13.1. The van der Waals surface area contributed by atoms with Gasteiger partial charge in [-0.25, -0.2) is 0 Å². The Hall–Kier alpha value is -7.06. The van der Waals surface area contributed by atoms with Gasteiger partial charge in [0.05, 0.1) is 23.6 Å². The fourth-order valence-corrected chi connectivity index (χ4v) is 13.4. The Kier molecular flexibility index (Phi) is 28.1. The van der Waals surface area contributed by atoms with Gasteiger partial charge in [0, 0.05) is 62.9 Å². The number of halogens is 4. The number of carbonyl (C=O) groups excluding carboxylic acids is 12. The van der Waals surface area contributed by atoms with E-state index in [4.69, 9.17) is 11.6 Å². The molecule has 4 fully saturated rings. The van der Waals surface area contributed by atoms with Crippen LogP contribution in [0.4, 0.5) is 13.2 Å². The first-order valence-corrected chi connectivity index (χ1v) is 33.5. The SMILES string of the molecule is CC[C@H](C)[C@@H]1NC(=O)[C@H](CC(C)C)N(C)C(=O)C[C@@H](C(=O)N(C)C)N(C)C(=O)[C@H](C2CCCC2)N(C)C(=O)[C@H](C)NC(=O)[C@@H](C)NC(=O)[C@H](CCc2ccc(C(F)(F)F)c(Cl)c2)NC(=O)CN(C)C(=O)[C@H](CC2CCCCC2)N(C)C(=O)C2CCN2C(=O)[C@H](C)N(C)C1=O. The first kappa shape index (κ1) is 77.6. The summed E-state index contributed by atoms with van der Waals surface area (Å²) < 4.78 is 41.1. The molecule has 2 saturated carbocycles. The van der Waals surface area contributed by atoms with Crippen molar-refractivity contribution >= 4 is 82.5 Å². The number of benzene rings is 1. The summed E-state index contributed by atoms with van der Waals surface area (Å²) in [5.74, 6) is -9.52. The Bertz CT molecular complexity index is 2930. The molecule has 526 valence electrons. The smallest absolute Gasteiger partial charge is 0.347 e. The average Bonchev–Trinajstić information content (AvgIpc) is 0.888. The molecule has 24 nitrogen and oxygen atoms in total. The van der Waals surface area contributed by atoms with E-state index in [1.807, 2.05) is 20.8 Å². The van der Waals surface area contributed by atoms with Crippen LogP contribution in [0, 0.1) is 23.7 Å². The number of carbonyl (C=O) groups is 12. The van der Waals surface area contributed by atoms with Crippen LogP contribution < -0.4 is 21.3 Å². The molecule has 2 saturated heterocycles. The molecule has 4 N–H and O–H groups in total. The second-order valence-electron chi connectivity index (χ2n) is 27.2. The lowest BCUT2D eigenvalue weighted by molar-refractivity contribution is -0.160. The Balaban J connectivity index is 1.57. The molecule has 1 aromatic carbocycles. The molecular formula is C66H102ClF3N12O12. The Morgan fingerprint density at radius 3 is 1.82 bits per heavy atom. The molecule has 0 bridgehead atoms. The van der Waals surface area contributed by atoms with Crippen LogP contribution in [0.25, 0.3) is 0 Å². The molecule has 0 radical (unpaired) electrons. The second kappa shape index (κ2) is 34.1. The van der Waals surface area contributed by atoms with Crippen molar-refractivity contribution in [2.75, 3.05) is 69.5 Å². The largest absolute Gasteiger partial charge is 0.417 e. The van der Waals surface area contributed by atoms with Crippen LogP contribution in [-0.2, 0) is 70.1 Å². The van der Waals surface area contributed by atoms with E-state index in [-0.39, 0.29) is 56.0 Å². The third kappa shape index (κ3) is 19.6. The lowest BCUT2D eigenvalue weighted by Crippen LogP contribution is -2.65. The number of alkyl halides is 3. The van der Waals surface area contributed by atoms with E-state index in [9.17, 15) is 65.9 Å². The quantitative estimate of drug-likeness (QED) is 0.242. The molecule has 4 aliphatic rings. The normalized spacial score (nSPS) is 27.6. The van der Waals surface area contributed by atoms with Crippen LogP contribution >= 0.6 is 11.6 Å². The van der Waals surface area contributed by atoms with Gasteiger partial charge in [0.2, 0.25) is 70.9 Å². The molecule has 5 rings (SSSR count). The van der Waals surface area contributed by atoms with Crippen molar-refractivity contribution in [3.8, 4) is 0 Å². The molecule has 2 heterocycles. The maximum atomic E-state index is 15.1. The van der Waals surface area contributed by atoms with E-state index in [2.05, 4.69) is 21.3 Å². The van der Waals surface area contributed by atoms with Crippen LogP contribution in [0.5, 0.6) is 0 Å². The molecule has 1 aromatic rings. The van der Waals surface area contributed by atoms with Gasteiger partial charge in [-0.2, -0.15) is 13.2 Å². The van der Waals surface area contributed by atoms with E-state index in [0.717, 1.165) is 66.9 Å². The van der Waals surface area contributed by atoms with Gasteiger partial charge in [0.1, 0.15) is 60.4 Å². The lowest BCUT2D eigenvalue weighted by atomic mass is 9.84. The summed E-state index contributed by atoms with van der Waals surface area (Å²) in [5.41, 5.74) is -0.823. The summed E-state index contributed by atoms with van der Waals surface area (Å²) in [6, 6.07) is -9.57. The molecule has 1 unspecified atom stereocenters. The predicted molar refractivity (Wildman–Crippen MR) is 345 cm³/mol. The van der Waals surface area contributed by atoms with Crippen molar-refractivity contribution in [2.24, 2.45) is 23.7 Å². The van der Waals surface area contributed by atoms with Crippen molar-refractivity contribution in [3.05, 3.63) is 34.3 Å². The molecule has 0 spiro atoms. The summed E-state index contributed by atoms with van der Waals surface area (Å²) in [7, 11) is 11.3. The standard InChI is InChI=1S/C66H102ClF3N12O12/c1-16-38(4)54-64(93)77(11)41(7)60(89)82-31-30-48(82)63(92)79(13)50(34-42-22-18-17-19-23-42)62(91)76(10)36-52(83)73-47(29-27-43-26-28-45(46(67)33-43)66(68,69)70)57(86)71-39(5)56(85)72-40(6)59(88)81(15)55(44-24-20-21-25-44)65(94)80(14)51(61(90)75(8)9)35-53(84)78(12)49(32-37(2)3)58(87)74-54/h26,28,33,37-42,44,47-51,54-55H,16-25,27,29-32,34-36H2,1-15H3,(H,71,86)(H,72,85)(H,73,83)(H,74,87)/t38-,39+,40-,41-,47-,48?,49-,50-,51-,54-,55-/m0/s1. The van der Waals surface area contributed by atoms with Gasteiger partial charge in [-0.1, -0.05) is 96.7 Å². The van der Waals surface area contributed by atoms with E-state index >= 15 is 4.79 Å². The Morgan fingerprint density at radius 1 is 0.660 bits per heavy atom. The highest BCUT2D eigenvalue weighted by Gasteiger charge is 2.47. The Labute approximate surface area is 556 Å². The number of hydrogen-bond acceptors (Lipinski definition) is 12. The summed E-state index contributed by atoms with van der Waals surface area (Å²) in [5, 5.41) is 10.1. The number of likely N-dealkylation sites (N-methyl/N-ethyl adjacent to an activating group) is 7. The molecule has 2 aliphatic carbocycles. The van der Waals surface area contributed by atoms with E-state index in [0.29, 0.717) is 19.3 Å². The van der Waals surface area contributed by atoms with Gasteiger partial charge < -0.3 is 60.5 Å². The summed E-state index contributed by atoms with van der Waals surface area (Å²) in [6.07, 6.45) is 2.04. The van der Waals surface area contributed by atoms with E-state index in [1.54, 1.807) is 6.92 Å². The minimum atomic E-state index is -4.76. The summed E-state index contributed by atoms with van der Waals surface area (Å²) in [6.45, 7) is 11.0. The number of hydrogen-bond donors (Lipinski definition) is 4. The first-order chi connectivity index (χ1) is 43.9. The summed E-state index contributed by atoms with van der Waals surface area (Å²) in [4.78, 5) is 184. The molecule has 11 atom stereocenters. The third-order valence-electron chi connectivity index (χ3n) is 19.6. The lowest BCUT2D eigenvalue weighted by Gasteiger charge is -2.45. The van der Waals surface area contributed by atoms with Crippen LogP contribution in [0.3, 0.4) is 0 Å². The highest BCUT2D eigenvalue weighted by atomic mass is 35.5. The van der Waals surface area contributed by atoms with Crippen molar-refractivity contribution < 1.29 is 70.7 Å². The monoisotopic (exact) mass is 1350 g/mol. The van der Waals surface area contributed by atoms with E-state index in [1.165, 1.54) is 113 Å². The zero-order valence-electron chi connectivity index (χ0n) is 57.5. The minimum Gasteiger partial charge on any atom is -0.347 e. The van der Waals surface area contributed by atoms with Crippen LogP contribution in [0.2, 0.25) is 5.02 Å². The predicted octanol–water partition coefficient (Wildman–Crippen LogP) is 4.23. The number of rotatable bonds is 11. The number of nitrogens with zero attached hydrogens (tertiary/aromatic N) is 8. The third-order valence-corrected chi connectivity index (χ3v) is 19.9. The Morgan fingerprint density at radius 2 is 1.27 bits per heavy atom. The number of aryl methyl sites for hydroxylation is 1. The average molecular weight is 1350 g/mol. The summed E-state index contributed by atoms with van der Waals surface area (Å²) >= 11 is 6.06. The van der Waals surface area contributed by atoms with Crippen molar-refractivity contribution in [2.45, 2.75) is 218 Å². The molecule has 28 heteroatoms. The zero-order valence-corrected chi connectivity index (χ0v) is 58.3. The van der Waals surface area contributed by atoms with Gasteiger partial charge in [-0.15, -0.1) is 0 Å². The number of amides is 12. The molecule has 94 heavy (non-hydrogen) atoms. The molecule has 0 aromatic heterocycles. The van der Waals surface area contributed by atoms with Crippen molar-refractivity contribution in [1.82, 2.24) is 60.5 Å². The van der Waals surface area contributed by atoms with Gasteiger partial charge >= 0.3 is 6.18 Å². The van der Waals surface area contributed by atoms with Crippen LogP contribution in [0.15, 0.2) is 18.2 Å². The topological polar surface area (TPSA) is 279 Å². The van der Waals surface area contributed by atoms with Crippen LogP contribution in [0.1, 0.15) is 156 Å². The van der Waals surface area contributed by atoms with Crippen molar-refractivity contribution in [1.29, 1.82) is 0 Å². The number of nitrogens with one attached hydrogen (secondary N) is 4. The molecule has 12 amide bonds. The van der Waals surface area contributed by atoms with E-state index < -0.39 is 173 Å². The van der Waals surface area contributed by atoms with Crippen molar-refractivity contribution in [3.63, 3.8) is 0 Å². The second-order valence-corrected chi connectivity index (χ2v) is 27.6. The first-order valence-electron chi connectivity index (χ1n) is 33.1. The highest BCUT2D eigenvalue weighted by Crippen LogP contribution is 2.36. The van der Waals surface area contributed by atoms with Gasteiger partial charge in [-0.3, -0.25) is 57.5 Å². The zero-order chi connectivity index (χ0) is 70.5. The molecule has 2 aliphatic heterocycles. The van der Waals surface area contributed by atoms with Gasteiger partial charge in [-0.05, 0) is 107 Å². The molecular weight excluding hydrogens is 1250 g/mol. The van der Waals surface area contributed by atoms with Crippen LogP contribution in [-0.4, -0.2) is 240 Å². The minimum absolute atomic E-state index is 0.0180.